The molecule has 0 aromatic heterocycles. The van der Waals surface area contributed by atoms with Crippen LogP contribution in [0.25, 0.3) is 0 Å². The number of halogens is 4. The molecule has 1 amide bonds. The van der Waals surface area contributed by atoms with Crippen LogP contribution >= 0.6 is 11.6 Å². The van der Waals surface area contributed by atoms with Crippen LogP contribution in [0.15, 0.2) is 18.2 Å². The molecule has 0 aliphatic carbocycles. The highest BCUT2D eigenvalue weighted by atomic mass is 35.5. The molecule has 1 atom stereocenters. The van der Waals surface area contributed by atoms with Crippen LogP contribution < -0.4 is 15.0 Å². The van der Waals surface area contributed by atoms with Crippen LogP contribution in [0.2, 0.25) is 5.02 Å². The number of nitrogens with one attached hydrogen (secondary N) is 1. The molecule has 1 aliphatic rings. The third-order valence-electron chi connectivity index (χ3n) is 3.64. The minimum absolute atomic E-state index is 0.138. The van der Waals surface area contributed by atoms with E-state index in [-0.39, 0.29) is 16.8 Å². The minimum Gasteiger partial charge on any atom is -0.444 e. The van der Waals surface area contributed by atoms with Gasteiger partial charge >= 0.3 is 12.5 Å². The third kappa shape index (κ3) is 6.48. The van der Waals surface area contributed by atoms with Gasteiger partial charge in [-0.2, -0.15) is 0 Å². The number of hydrogen-bond donors (Lipinski definition) is 1. The molecule has 1 N–H and O–H groups in total. The Bertz CT molecular complexity index is 647. The molecule has 1 heterocycles. The van der Waals surface area contributed by atoms with Gasteiger partial charge in [-0.1, -0.05) is 11.6 Å². The summed E-state index contributed by atoms with van der Waals surface area (Å²) in [5.74, 6) is -0.369. The molecule has 0 radical (unpaired) electrons. The first-order chi connectivity index (χ1) is 11.9. The molecule has 0 saturated carbocycles. The Hall–Kier alpha value is -1.83. The minimum atomic E-state index is -4.77. The largest absolute Gasteiger partial charge is 0.573 e. The molecule has 2 rings (SSSR count). The zero-order chi connectivity index (χ0) is 19.5. The Morgan fingerprint density at radius 3 is 2.58 bits per heavy atom. The van der Waals surface area contributed by atoms with Gasteiger partial charge < -0.3 is 19.7 Å². The average Bonchev–Trinajstić information content (AvgIpc) is 2.43. The number of carbonyl (C=O) groups excluding carboxylic acids is 1. The summed E-state index contributed by atoms with van der Waals surface area (Å²) in [6.07, 6.45) is -3.68. The molecule has 0 spiro atoms. The van der Waals surface area contributed by atoms with Gasteiger partial charge in [0.1, 0.15) is 11.4 Å². The van der Waals surface area contributed by atoms with Crippen molar-refractivity contribution in [2.75, 3.05) is 18.0 Å². The van der Waals surface area contributed by atoms with E-state index in [0.717, 1.165) is 18.9 Å². The predicted octanol–water partition coefficient (Wildman–Crippen LogP) is 4.73. The lowest BCUT2D eigenvalue weighted by Crippen LogP contribution is -2.49. The fourth-order valence-electron chi connectivity index (χ4n) is 2.73. The Morgan fingerprint density at radius 2 is 2.00 bits per heavy atom. The number of nitrogens with zero attached hydrogens (tertiary/aromatic N) is 1. The van der Waals surface area contributed by atoms with Crippen molar-refractivity contribution in [3.8, 4) is 5.75 Å². The maximum Gasteiger partial charge on any atom is 0.573 e. The lowest BCUT2D eigenvalue weighted by Gasteiger charge is -2.35. The van der Waals surface area contributed by atoms with E-state index in [9.17, 15) is 18.0 Å². The number of rotatable bonds is 3. The van der Waals surface area contributed by atoms with Gasteiger partial charge in [0.15, 0.2) is 0 Å². The van der Waals surface area contributed by atoms with Crippen LogP contribution in [0.5, 0.6) is 5.75 Å². The SMILES string of the molecule is CC(C)(C)OC(=O)NC1CCCN(c2ccc(OC(F)(F)F)cc2Cl)C1. The number of piperidine rings is 1. The van der Waals surface area contributed by atoms with Crippen LogP contribution in [0.1, 0.15) is 33.6 Å². The van der Waals surface area contributed by atoms with Crippen LogP contribution in [0, 0.1) is 0 Å². The van der Waals surface area contributed by atoms with Gasteiger partial charge in [0, 0.05) is 25.2 Å². The van der Waals surface area contributed by atoms with E-state index < -0.39 is 18.1 Å². The molecule has 1 aromatic carbocycles. The van der Waals surface area contributed by atoms with Gasteiger partial charge in [-0.3, -0.25) is 0 Å². The van der Waals surface area contributed by atoms with Gasteiger partial charge in [-0.25, -0.2) is 4.79 Å². The number of alkyl halides is 3. The van der Waals surface area contributed by atoms with Crippen LogP contribution in [0.3, 0.4) is 0 Å². The first-order valence-electron chi connectivity index (χ1n) is 8.23. The number of alkyl carbamates (subject to hydrolysis) is 1. The Morgan fingerprint density at radius 1 is 1.31 bits per heavy atom. The van der Waals surface area contributed by atoms with Crippen molar-refractivity contribution in [1.29, 1.82) is 0 Å². The standard InChI is InChI=1S/C17H22ClF3N2O3/c1-16(2,3)26-15(24)22-11-5-4-8-23(10-11)14-7-6-12(9-13(14)18)25-17(19,20)21/h6-7,9,11H,4-5,8,10H2,1-3H3,(H,22,24). The molecule has 1 aliphatic heterocycles. The Kier molecular flexibility index (Phi) is 6.16. The van der Waals surface area contributed by atoms with Crippen molar-refractivity contribution in [3.05, 3.63) is 23.2 Å². The highest BCUT2D eigenvalue weighted by molar-refractivity contribution is 6.33. The molecule has 5 nitrogen and oxygen atoms in total. The first-order valence-corrected chi connectivity index (χ1v) is 8.60. The summed E-state index contributed by atoms with van der Waals surface area (Å²) in [5, 5.41) is 2.97. The highest BCUT2D eigenvalue weighted by Crippen LogP contribution is 2.33. The maximum atomic E-state index is 12.3. The fraction of sp³-hybridized carbons (Fsp3) is 0.588. The zero-order valence-corrected chi connectivity index (χ0v) is 15.6. The number of amides is 1. The molecule has 146 valence electrons. The van der Waals surface area contributed by atoms with E-state index in [0.29, 0.717) is 18.8 Å². The number of ether oxygens (including phenoxy) is 2. The smallest absolute Gasteiger partial charge is 0.444 e. The second kappa shape index (κ2) is 7.82. The fourth-order valence-corrected chi connectivity index (χ4v) is 3.02. The quantitative estimate of drug-likeness (QED) is 0.805. The monoisotopic (exact) mass is 394 g/mol. The molecule has 26 heavy (non-hydrogen) atoms. The predicted molar refractivity (Wildman–Crippen MR) is 92.7 cm³/mol. The molecule has 1 aromatic rings. The van der Waals surface area contributed by atoms with Gasteiger partial charge in [-0.15, -0.1) is 13.2 Å². The van der Waals surface area contributed by atoms with Crippen molar-refractivity contribution < 1.29 is 27.4 Å². The number of anilines is 1. The first kappa shape index (κ1) is 20.5. The Labute approximate surface area is 155 Å². The van der Waals surface area contributed by atoms with E-state index in [1.165, 1.54) is 12.1 Å². The van der Waals surface area contributed by atoms with E-state index in [1.807, 2.05) is 4.90 Å². The summed E-state index contributed by atoms with van der Waals surface area (Å²) in [7, 11) is 0. The lowest BCUT2D eigenvalue weighted by atomic mass is 10.0. The zero-order valence-electron chi connectivity index (χ0n) is 14.8. The summed E-state index contributed by atoms with van der Waals surface area (Å²) in [4.78, 5) is 13.8. The highest BCUT2D eigenvalue weighted by Gasteiger charge is 2.31. The van der Waals surface area contributed by atoms with Crippen molar-refractivity contribution in [1.82, 2.24) is 5.32 Å². The molecule has 1 unspecified atom stereocenters. The number of carbonyl (C=O) groups is 1. The van der Waals surface area contributed by atoms with E-state index in [1.54, 1.807) is 20.8 Å². The van der Waals surface area contributed by atoms with Gasteiger partial charge in [0.05, 0.1) is 10.7 Å². The van der Waals surface area contributed by atoms with Crippen LogP contribution in [-0.4, -0.2) is 37.2 Å². The molecule has 1 fully saturated rings. The second-order valence-electron chi connectivity index (χ2n) is 7.09. The van der Waals surface area contributed by atoms with Crippen LogP contribution in [0.4, 0.5) is 23.7 Å². The second-order valence-corrected chi connectivity index (χ2v) is 7.50. The lowest BCUT2D eigenvalue weighted by molar-refractivity contribution is -0.274. The number of hydrogen-bond acceptors (Lipinski definition) is 4. The Balaban J connectivity index is 2.01. The summed E-state index contributed by atoms with van der Waals surface area (Å²) in [5.41, 5.74) is 0.00709. The van der Waals surface area contributed by atoms with Gasteiger partial charge in [0.25, 0.3) is 0 Å². The molecule has 9 heteroatoms. The van der Waals surface area contributed by atoms with Crippen molar-refractivity contribution in [2.45, 2.75) is 51.6 Å². The summed E-state index contributed by atoms with van der Waals surface area (Å²) in [6.45, 7) is 6.52. The van der Waals surface area contributed by atoms with E-state index >= 15 is 0 Å². The van der Waals surface area contributed by atoms with Crippen LogP contribution in [-0.2, 0) is 4.74 Å². The maximum absolute atomic E-state index is 12.3. The third-order valence-corrected chi connectivity index (χ3v) is 3.94. The molecule has 0 bridgehead atoms. The van der Waals surface area contributed by atoms with Crippen molar-refractivity contribution in [2.24, 2.45) is 0 Å². The average molecular weight is 395 g/mol. The van der Waals surface area contributed by atoms with Gasteiger partial charge in [-0.05, 0) is 45.7 Å². The van der Waals surface area contributed by atoms with Gasteiger partial charge in [0.2, 0.25) is 0 Å². The molecule has 1 saturated heterocycles. The molecular formula is C17H22ClF3N2O3. The summed E-state index contributed by atoms with van der Waals surface area (Å²) < 4.78 is 46.0. The van der Waals surface area contributed by atoms with Crippen molar-refractivity contribution in [3.63, 3.8) is 0 Å². The summed E-state index contributed by atoms with van der Waals surface area (Å²) >= 11 is 6.13. The van der Waals surface area contributed by atoms with E-state index in [2.05, 4.69) is 10.1 Å². The topological polar surface area (TPSA) is 50.8 Å². The van der Waals surface area contributed by atoms with Crippen molar-refractivity contribution >= 4 is 23.4 Å². The van der Waals surface area contributed by atoms with E-state index in [4.69, 9.17) is 16.3 Å². The normalized spacial score (nSPS) is 18.4. The summed E-state index contributed by atoms with van der Waals surface area (Å²) in [6, 6.07) is 3.70. The molecular weight excluding hydrogens is 373 g/mol. The number of benzene rings is 1.